The average molecular weight is 365 g/mol. The Bertz CT molecular complexity index is 917. The molecule has 1 heterocycles. The average Bonchev–Trinajstić information content (AvgIpc) is 3.14. The molecule has 3 aromatic rings. The molecule has 0 unspecified atom stereocenters. The van der Waals surface area contributed by atoms with E-state index < -0.39 is 0 Å². The van der Waals surface area contributed by atoms with Crippen LogP contribution in [0.5, 0.6) is 11.5 Å². The Balaban J connectivity index is 1.60. The van der Waals surface area contributed by atoms with Crippen LogP contribution in [0.25, 0.3) is 5.69 Å². The summed E-state index contributed by atoms with van der Waals surface area (Å²) in [4.78, 5) is 12.4. The number of methoxy groups -OCH3 is 2. The molecule has 1 aromatic heterocycles. The molecule has 6 heteroatoms. The number of carbonyl (C=O) groups is 1. The number of hydrogen-bond donors (Lipinski definition) is 1. The lowest BCUT2D eigenvalue weighted by molar-refractivity contribution is 0.0954. The van der Waals surface area contributed by atoms with Crippen molar-refractivity contribution in [1.82, 2.24) is 15.1 Å². The van der Waals surface area contributed by atoms with E-state index in [-0.39, 0.29) is 5.91 Å². The Hall–Kier alpha value is -3.28. The summed E-state index contributed by atoms with van der Waals surface area (Å²) in [5.74, 6) is 1.44. The first kappa shape index (κ1) is 18.5. The van der Waals surface area contributed by atoms with Crippen LogP contribution in [0.3, 0.4) is 0 Å². The minimum atomic E-state index is -0.111. The van der Waals surface area contributed by atoms with E-state index in [1.54, 1.807) is 37.2 Å². The molecule has 0 fully saturated rings. The summed E-state index contributed by atoms with van der Waals surface area (Å²) in [6.45, 7) is 2.49. The highest BCUT2D eigenvalue weighted by molar-refractivity contribution is 5.94. The molecule has 0 saturated heterocycles. The number of rotatable bonds is 7. The predicted octanol–water partition coefficient (Wildman–Crippen LogP) is 3.17. The van der Waals surface area contributed by atoms with Crippen LogP contribution in [-0.2, 0) is 6.42 Å². The summed E-state index contributed by atoms with van der Waals surface area (Å²) in [6.07, 6.45) is 4.39. The van der Waals surface area contributed by atoms with Gasteiger partial charge in [-0.1, -0.05) is 0 Å². The Labute approximate surface area is 158 Å². The quantitative estimate of drug-likeness (QED) is 0.698. The fraction of sp³-hybridized carbons (Fsp3) is 0.238. The molecule has 0 radical (unpaired) electrons. The molecule has 0 bridgehead atoms. The van der Waals surface area contributed by atoms with Crippen molar-refractivity contribution >= 4 is 5.91 Å². The van der Waals surface area contributed by atoms with Gasteiger partial charge in [0.1, 0.15) is 11.5 Å². The standard InChI is InChI=1S/C21H23N3O3/c1-15-13-23-24(14-15)18-6-4-16(5-7-18)21(25)22-11-10-17-12-19(26-2)8-9-20(17)27-3/h4-9,12-14H,10-11H2,1-3H3,(H,22,25). The van der Waals surface area contributed by atoms with Gasteiger partial charge >= 0.3 is 0 Å². The van der Waals surface area contributed by atoms with E-state index in [0.717, 1.165) is 28.3 Å². The Morgan fingerprint density at radius 3 is 2.52 bits per heavy atom. The van der Waals surface area contributed by atoms with Gasteiger partial charge in [0.15, 0.2) is 0 Å². The first-order chi connectivity index (χ1) is 13.1. The van der Waals surface area contributed by atoms with Crippen LogP contribution >= 0.6 is 0 Å². The van der Waals surface area contributed by atoms with E-state index in [9.17, 15) is 4.79 Å². The molecule has 0 aliphatic heterocycles. The highest BCUT2D eigenvalue weighted by atomic mass is 16.5. The van der Waals surface area contributed by atoms with Gasteiger partial charge in [-0.05, 0) is 66.9 Å². The SMILES string of the molecule is COc1ccc(OC)c(CCNC(=O)c2ccc(-n3cc(C)cn3)cc2)c1. The maximum atomic E-state index is 12.4. The molecule has 6 nitrogen and oxygen atoms in total. The van der Waals surface area contributed by atoms with E-state index in [0.29, 0.717) is 18.5 Å². The van der Waals surface area contributed by atoms with Crippen LogP contribution in [-0.4, -0.2) is 36.5 Å². The monoisotopic (exact) mass is 365 g/mol. The third-order valence-electron chi connectivity index (χ3n) is 4.27. The van der Waals surface area contributed by atoms with Gasteiger partial charge in [-0.3, -0.25) is 4.79 Å². The van der Waals surface area contributed by atoms with Crippen molar-refractivity contribution in [1.29, 1.82) is 0 Å². The molecule has 0 aliphatic rings. The molecular weight excluding hydrogens is 342 g/mol. The number of aromatic nitrogens is 2. The largest absolute Gasteiger partial charge is 0.497 e. The molecular formula is C21H23N3O3. The smallest absolute Gasteiger partial charge is 0.251 e. The van der Waals surface area contributed by atoms with Gasteiger partial charge in [-0.2, -0.15) is 5.10 Å². The Kier molecular flexibility index (Phi) is 5.76. The predicted molar refractivity (Wildman–Crippen MR) is 104 cm³/mol. The second kappa shape index (κ2) is 8.40. The summed E-state index contributed by atoms with van der Waals surface area (Å²) in [7, 11) is 3.26. The highest BCUT2D eigenvalue weighted by Gasteiger charge is 2.08. The molecule has 0 aliphatic carbocycles. The van der Waals surface area contributed by atoms with Crippen LogP contribution < -0.4 is 14.8 Å². The molecule has 1 amide bonds. The van der Waals surface area contributed by atoms with Crippen LogP contribution in [0.2, 0.25) is 0 Å². The number of nitrogens with zero attached hydrogens (tertiary/aromatic N) is 2. The third kappa shape index (κ3) is 4.47. The van der Waals surface area contributed by atoms with Crippen LogP contribution in [0.15, 0.2) is 54.9 Å². The number of amides is 1. The zero-order valence-electron chi connectivity index (χ0n) is 15.7. The number of nitrogens with one attached hydrogen (secondary N) is 1. The molecule has 0 atom stereocenters. The Morgan fingerprint density at radius 1 is 1.11 bits per heavy atom. The van der Waals surface area contributed by atoms with Gasteiger partial charge in [0.05, 0.1) is 26.1 Å². The molecule has 2 aromatic carbocycles. The van der Waals surface area contributed by atoms with E-state index in [1.807, 2.05) is 43.5 Å². The van der Waals surface area contributed by atoms with Crippen LogP contribution in [0.1, 0.15) is 21.5 Å². The van der Waals surface area contributed by atoms with Gasteiger partial charge in [-0.25, -0.2) is 4.68 Å². The molecule has 1 N–H and O–H groups in total. The van der Waals surface area contributed by atoms with Crippen molar-refractivity contribution in [3.8, 4) is 17.2 Å². The van der Waals surface area contributed by atoms with Gasteiger partial charge < -0.3 is 14.8 Å². The summed E-state index contributed by atoms with van der Waals surface area (Å²) >= 11 is 0. The number of carbonyl (C=O) groups excluding carboxylic acids is 1. The van der Waals surface area contributed by atoms with Gasteiger partial charge in [0.25, 0.3) is 5.91 Å². The second-order valence-electron chi connectivity index (χ2n) is 6.19. The third-order valence-corrected chi connectivity index (χ3v) is 4.27. The normalized spacial score (nSPS) is 10.5. The second-order valence-corrected chi connectivity index (χ2v) is 6.19. The van der Waals surface area contributed by atoms with Crippen molar-refractivity contribution in [3.05, 3.63) is 71.5 Å². The van der Waals surface area contributed by atoms with Crippen molar-refractivity contribution < 1.29 is 14.3 Å². The minimum Gasteiger partial charge on any atom is -0.497 e. The van der Waals surface area contributed by atoms with Crippen LogP contribution in [0, 0.1) is 6.92 Å². The molecule has 0 saturated carbocycles. The molecule has 140 valence electrons. The fourth-order valence-electron chi connectivity index (χ4n) is 2.81. The number of hydrogen-bond acceptors (Lipinski definition) is 4. The minimum absolute atomic E-state index is 0.111. The number of ether oxygens (including phenoxy) is 2. The fourth-order valence-corrected chi connectivity index (χ4v) is 2.81. The first-order valence-electron chi connectivity index (χ1n) is 8.71. The lowest BCUT2D eigenvalue weighted by atomic mass is 10.1. The van der Waals surface area contributed by atoms with Crippen molar-refractivity contribution in [2.75, 3.05) is 20.8 Å². The summed E-state index contributed by atoms with van der Waals surface area (Å²) in [5, 5.41) is 7.21. The Morgan fingerprint density at radius 2 is 1.89 bits per heavy atom. The maximum Gasteiger partial charge on any atom is 0.251 e. The molecule has 0 spiro atoms. The summed E-state index contributed by atoms with van der Waals surface area (Å²) < 4.78 is 12.4. The van der Waals surface area contributed by atoms with E-state index in [2.05, 4.69) is 10.4 Å². The van der Waals surface area contributed by atoms with E-state index in [1.165, 1.54) is 0 Å². The van der Waals surface area contributed by atoms with Gasteiger partial charge in [0.2, 0.25) is 0 Å². The zero-order chi connectivity index (χ0) is 19.2. The first-order valence-corrected chi connectivity index (χ1v) is 8.71. The summed E-state index contributed by atoms with van der Waals surface area (Å²) in [6, 6.07) is 13.0. The maximum absolute atomic E-state index is 12.4. The van der Waals surface area contributed by atoms with Gasteiger partial charge in [0, 0.05) is 18.3 Å². The van der Waals surface area contributed by atoms with Crippen LogP contribution in [0.4, 0.5) is 0 Å². The van der Waals surface area contributed by atoms with E-state index >= 15 is 0 Å². The lowest BCUT2D eigenvalue weighted by Crippen LogP contribution is -2.25. The van der Waals surface area contributed by atoms with E-state index in [4.69, 9.17) is 9.47 Å². The lowest BCUT2D eigenvalue weighted by Gasteiger charge is -2.11. The number of aryl methyl sites for hydroxylation is 1. The van der Waals surface area contributed by atoms with Crippen molar-refractivity contribution in [3.63, 3.8) is 0 Å². The number of benzene rings is 2. The zero-order valence-corrected chi connectivity index (χ0v) is 15.7. The van der Waals surface area contributed by atoms with Gasteiger partial charge in [-0.15, -0.1) is 0 Å². The van der Waals surface area contributed by atoms with Crippen molar-refractivity contribution in [2.24, 2.45) is 0 Å². The summed E-state index contributed by atoms with van der Waals surface area (Å²) in [5.41, 5.74) is 3.60. The molecule has 27 heavy (non-hydrogen) atoms. The topological polar surface area (TPSA) is 65.4 Å². The van der Waals surface area contributed by atoms with Crippen molar-refractivity contribution in [2.45, 2.75) is 13.3 Å². The molecule has 3 rings (SSSR count). The highest BCUT2D eigenvalue weighted by Crippen LogP contribution is 2.24.